The zero-order valence-corrected chi connectivity index (χ0v) is 16.3. The number of ether oxygens (including phenoxy) is 1. The van der Waals surface area contributed by atoms with E-state index in [0.717, 1.165) is 0 Å². The lowest BCUT2D eigenvalue weighted by Crippen LogP contribution is -2.15. The van der Waals surface area contributed by atoms with Crippen LogP contribution in [0.2, 0.25) is 5.02 Å². The number of rotatable bonds is 7. The van der Waals surface area contributed by atoms with Gasteiger partial charge in [-0.1, -0.05) is 35.9 Å². The summed E-state index contributed by atoms with van der Waals surface area (Å²) in [7, 11) is 0. The van der Waals surface area contributed by atoms with Crippen molar-refractivity contribution in [3.8, 4) is 5.75 Å². The summed E-state index contributed by atoms with van der Waals surface area (Å²) in [6, 6.07) is 15.0. The molecule has 152 valence electrons. The zero-order chi connectivity index (χ0) is 20.9. The molecule has 8 nitrogen and oxygen atoms in total. The van der Waals surface area contributed by atoms with Gasteiger partial charge in [0.25, 0.3) is 5.91 Å². The predicted octanol–water partition coefficient (Wildman–Crippen LogP) is 3.60. The van der Waals surface area contributed by atoms with Gasteiger partial charge in [0.05, 0.1) is 6.54 Å². The minimum absolute atomic E-state index is 0.119. The number of para-hydroxylation sites is 1. The van der Waals surface area contributed by atoms with E-state index >= 15 is 0 Å². The van der Waals surface area contributed by atoms with E-state index in [9.17, 15) is 9.18 Å². The maximum absolute atomic E-state index is 13.1. The number of nitrogens with one attached hydrogen (secondary N) is 1. The van der Waals surface area contributed by atoms with Crippen LogP contribution in [0, 0.1) is 5.82 Å². The predicted molar refractivity (Wildman–Crippen MR) is 108 cm³/mol. The van der Waals surface area contributed by atoms with E-state index in [1.807, 2.05) is 30.3 Å². The number of hydrogen-bond donors (Lipinski definition) is 1. The monoisotopic (exact) mass is 426 g/mol. The van der Waals surface area contributed by atoms with E-state index in [1.165, 1.54) is 27.8 Å². The molecule has 4 aromatic rings. The van der Waals surface area contributed by atoms with Crippen LogP contribution in [0.3, 0.4) is 0 Å². The third-order valence-electron chi connectivity index (χ3n) is 4.09. The number of carbonyl (C=O) groups excluding carboxylic acids is 1. The minimum Gasteiger partial charge on any atom is -0.471 e. The van der Waals surface area contributed by atoms with E-state index < -0.39 is 11.7 Å². The number of benzene rings is 2. The smallest absolute Gasteiger partial charge is 0.278 e. The summed E-state index contributed by atoms with van der Waals surface area (Å²) in [6.07, 6.45) is 3.09. The van der Waals surface area contributed by atoms with Crippen LogP contribution in [-0.4, -0.2) is 30.5 Å². The molecular formula is C20H16ClFN6O2. The lowest BCUT2D eigenvalue weighted by Gasteiger charge is -2.05. The second-order valence-corrected chi connectivity index (χ2v) is 6.69. The average Bonchev–Trinajstić information content (AvgIpc) is 3.39. The first-order chi connectivity index (χ1) is 14.6. The van der Waals surface area contributed by atoms with E-state index in [2.05, 4.69) is 20.5 Å². The summed E-state index contributed by atoms with van der Waals surface area (Å²) >= 11 is 6.03. The first kappa shape index (κ1) is 19.6. The third kappa shape index (κ3) is 4.81. The van der Waals surface area contributed by atoms with E-state index in [4.69, 9.17) is 16.3 Å². The lowest BCUT2D eigenvalue weighted by molar-refractivity contribution is 0.101. The molecule has 0 saturated carbocycles. The van der Waals surface area contributed by atoms with Crippen LogP contribution in [0.5, 0.6) is 5.75 Å². The van der Waals surface area contributed by atoms with Crippen LogP contribution >= 0.6 is 11.6 Å². The molecule has 0 aliphatic carbocycles. The molecule has 0 aliphatic heterocycles. The fraction of sp³-hybridized carbons (Fsp3) is 0.100. The van der Waals surface area contributed by atoms with Gasteiger partial charge in [-0.25, -0.2) is 18.7 Å². The summed E-state index contributed by atoms with van der Waals surface area (Å²) in [5, 5.41) is 11.2. The number of halogens is 2. The Morgan fingerprint density at radius 3 is 2.73 bits per heavy atom. The van der Waals surface area contributed by atoms with Gasteiger partial charge >= 0.3 is 0 Å². The molecule has 10 heteroatoms. The number of amides is 1. The molecule has 2 aromatic heterocycles. The summed E-state index contributed by atoms with van der Waals surface area (Å²) in [6.45, 7) is 0.454. The van der Waals surface area contributed by atoms with Crippen LogP contribution in [0.15, 0.2) is 67.1 Å². The van der Waals surface area contributed by atoms with Crippen LogP contribution in [0.4, 0.5) is 10.3 Å². The molecule has 2 aromatic carbocycles. The summed E-state index contributed by atoms with van der Waals surface area (Å²) in [5.74, 6) is -0.0433. The Kier molecular flexibility index (Phi) is 5.71. The highest BCUT2D eigenvalue weighted by atomic mass is 35.5. The molecule has 0 unspecified atom stereocenters. The number of hydrogen-bond acceptors (Lipinski definition) is 5. The highest BCUT2D eigenvalue weighted by Gasteiger charge is 2.13. The molecule has 1 amide bonds. The molecular weight excluding hydrogens is 411 g/mol. The molecule has 0 aliphatic rings. The van der Waals surface area contributed by atoms with Gasteiger partial charge in [0.2, 0.25) is 5.95 Å². The maximum atomic E-state index is 13.1. The van der Waals surface area contributed by atoms with E-state index in [-0.39, 0.29) is 24.9 Å². The second kappa shape index (κ2) is 8.75. The Bertz CT molecular complexity index is 1160. The summed E-state index contributed by atoms with van der Waals surface area (Å²) in [4.78, 5) is 16.4. The van der Waals surface area contributed by atoms with Crippen molar-refractivity contribution in [3.05, 3.63) is 89.2 Å². The van der Waals surface area contributed by atoms with Crippen LogP contribution < -0.4 is 10.1 Å². The standard InChI is InChI=1S/C20H16ClFN6O2/c21-17-10-15(22)7-6-14(17)11-28-12-23-20(26-28)24-19(29)18-8-9-27(25-18)13-30-16-4-2-1-3-5-16/h1-10,12H,11,13H2,(H,24,26,29). The third-order valence-corrected chi connectivity index (χ3v) is 4.44. The molecule has 4 rings (SSSR count). The maximum Gasteiger partial charge on any atom is 0.278 e. The van der Waals surface area contributed by atoms with Crippen LogP contribution in [0.25, 0.3) is 0 Å². The normalized spacial score (nSPS) is 10.7. The van der Waals surface area contributed by atoms with Crippen molar-refractivity contribution in [2.45, 2.75) is 13.3 Å². The Hall–Kier alpha value is -3.72. The number of aromatic nitrogens is 5. The quantitative estimate of drug-likeness (QED) is 0.488. The van der Waals surface area contributed by atoms with Crippen LogP contribution in [-0.2, 0) is 13.3 Å². The fourth-order valence-electron chi connectivity index (χ4n) is 2.63. The SMILES string of the molecule is O=C(Nc1ncn(Cc2ccc(F)cc2Cl)n1)c1ccn(COc2ccccc2)n1. The van der Waals surface area contributed by atoms with Crippen molar-refractivity contribution in [3.63, 3.8) is 0 Å². The van der Waals surface area contributed by atoms with Crippen molar-refractivity contribution in [1.29, 1.82) is 0 Å². The van der Waals surface area contributed by atoms with Gasteiger partial charge in [0.1, 0.15) is 17.9 Å². The van der Waals surface area contributed by atoms with E-state index in [1.54, 1.807) is 18.3 Å². The largest absolute Gasteiger partial charge is 0.471 e. The molecule has 0 spiro atoms. The molecule has 0 atom stereocenters. The Balaban J connectivity index is 1.35. The van der Waals surface area contributed by atoms with Gasteiger partial charge in [-0.15, -0.1) is 5.10 Å². The number of carbonyl (C=O) groups is 1. The molecule has 1 N–H and O–H groups in total. The fourth-order valence-corrected chi connectivity index (χ4v) is 2.86. The van der Waals surface area contributed by atoms with Crippen molar-refractivity contribution < 1.29 is 13.9 Å². The van der Waals surface area contributed by atoms with Gasteiger partial charge < -0.3 is 4.74 Å². The Labute approximate surface area is 175 Å². The number of anilines is 1. The van der Waals surface area contributed by atoms with Gasteiger partial charge in [0.15, 0.2) is 12.4 Å². The highest BCUT2D eigenvalue weighted by molar-refractivity contribution is 6.31. The summed E-state index contributed by atoms with van der Waals surface area (Å²) in [5.41, 5.74) is 0.877. The molecule has 0 saturated heterocycles. The molecule has 30 heavy (non-hydrogen) atoms. The van der Waals surface area contributed by atoms with Crippen molar-refractivity contribution in [2.75, 3.05) is 5.32 Å². The first-order valence-electron chi connectivity index (χ1n) is 8.93. The van der Waals surface area contributed by atoms with Crippen LogP contribution in [0.1, 0.15) is 16.1 Å². The van der Waals surface area contributed by atoms with Gasteiger partial charge in [-0.2, -0.15) is 5.10 Å². The number of nitrogens with zero attached hydrogens (tertiary/aromatic N) is 5. The van der Waals surface area contributed by atoms with Gasteiger partial charge in [-0.05, 0) is 35.9 Å². The highest BCUT2D eigenvalue weighted by Crippen LogP contribution is 2.18. The van der Waals surface area contributed by atoms with Gasteiger partial charge in [-0.3, -0.25) is 10.1 Å². The van der Waals surface area contributed by atoms with Gasteiger partial charge in [0, 0.05) is 11.2 Å². The Morgan fingerprint density at radius 1 is 1.10 bits per heavy atom. The molecule has 0 fully saturated rings. The lowest BCUT2D eigenvalue weighted by atomic mass is 10.2. The molecule has 0 bridgehead atoms. The summed E-state index contributed by atoms with van der Waals surface area (Å²) < 4.78 is 21.7. The average molecular weight is 427 g/mol. The second-order valence-electron chi connectivity index (χ2n) is 6.28. The van der Waals surface area contributed by atoms with Crippen molar-refractivity contribution in [2.24, 2.45) is 0 Å². The van der Waals surface area contributed by atoms with E-state index in [0.29, 0.717) is 16.3 Å². The van der Waals surface area contributed by atoms with Crippen molar-refractivity contribution >= 4 is 23.5 Å². The molecule has 0 radical (unpaired) electrons. The zero-order valence-electron chi connectivity index (χ0n) is 15.6. The van der Waals surface area contributed by atoms with Crippen molar-refractivity contribution in [1.82, 2.24) is 24.5 Å². The first-order valence-corrected chi connectivity index (χ1v) is 9.31. The topological polar surface area (TPSA) is 86.9 Å². The Morgan fingerprint density at radius 2 is 1.93 bits per heavy atom. The minimum atomic E-state index is -0.453. The molecule has 2 heterocycles.